The molecule has 1 aliphatic heterocycles. The van der Waals surface area contributed by atoms with E-state index in [1.165, 1.54) is 44.4 Å². The highest BCUT2D eigenvalue weighted by atomic mass is 79.9. The van der Waals surface area contributed by atoms with Gasteiger partial charge in [0.1, 0.15) is 0 Å². The van der Waals surface area contributed by atoms with Crippen molar-refractivity contribution >= 4 is 62.4 Å². The summed E-state index contributed by atoms with van der Waals surface area (Å²) in [5, 5.41) is -0.0808. The molecule has 0 spiro atoms. The van der Waals surface area contributed by atoms with Gasteiger partial charge in [-0.3, -0.25) is 14.4 Å². The monoisotopic (exact) mass is 556 g/mol. The number of thioether (sulfide) groups is 1. The maximum Gasteiger partial charge on any atom is 0.416 e. The Kier molecular flexibility index (Phi) is 7.51. The van der Waals surface area contributed by atoms with Crippen LogP contribution in [0.2, 0.25) is 0 Å². The van der Waals surface area contributed by atoms with Gasteiger partial charge in [0.05, 0.1) is 23.3 Å². The first-order valence-corrected chi connectivity index (χ1v) is 11.1. The van der Waals surface area contributed by atoms with Crippen molar-refractivity contribution in [2.75, 3.05) is 7.11 Å². The third-order valence-electron chi connectivity index (χ3n) is 4.34. The number of alkyl halides is 3. The van der Waals surface area contributed by atoms with Crippen molar-refractivity contribution in [3.63, 3.8) is 0 Å². The SMILES string of the molecule is COc1cc(C=C2SC(=Nc3cccc(C(F)(F)F)c3)N(C(C)=O)C2=O)c(Br)cc1OC(C)=O. The summed E-state index contributed by atoms with van der Waals surface area (Å²) in [6.07, 6.45) is -3.11. The second-order valence-corrected chi connectivity index (χ2v) is 8.69. The van der Waals surface area contributed by atoms with E-state index in [0.717, 1.165) is 35.7 Å². The summed E-state index contributed by atoms with van der Waals surface area (Å²) >= 11 is 4.17. The fourth-order valence-electron chi connectivity index (χ4n) is 2.89. The molecule has 0 saturated carbocycles. The van der Waals surface area contributed by atoms with E-state index < -0.39 is 29.5 Å². The smallest absolute Gasteiger partial charge is 0.416 e. The molecule has 2 aromatic carbocycles. The number of rotatable bonds is 4. The number of amidine groups is 1. The number of benzene rings is 2. The highest BCUT2D eigenvalue weighted by Crippen LogP contribution is 2.39. The van der Waals surface area contributed by atoms with E-state index in [-0.39, 0.29) is 27.3 Å². The summed E-state index contributed by atoms with van der Waals surface area (Å²) in [5.41, 5.74) is -0.503. The second-order valence-electron chi connectivity index (χ2n) is 6.83. The maximum absolute atomic E-state index is 13.0. The van der Waals surface area contributed by atoms with Crippen LogP contribution >= 0.6 is 27.7 Å². The van der Waals surface area contributed by atoms with E-state index in [9.17, 15) is 27.6 Å². The number of amides is 2. The summed E-state index contributed by atoms with van der Waals surface area (Å²) in [5.74, 6) is -1.49. The van der Waals surface area contributed by atoms with Crippen LogP contribution in [0.4, 0.5) is 18.9 Å². The number of aliphatic imine (C=N–C) groups is 1. The average molecular weight is 557 g/mol. The fourth-order valence-corrected chi connectivity index (χ4v) is 4.34. The van der Waals surface area contributed by atoms with E-state index in [1.54, 1.807) is 0 Å². The Morgan fingerprint density at radius 1 is 1.15 bits per heavy atom. The molecule has 1 aliphatic rings. The molecule has 2 aromatic rings. The highest BCUT2D eigenvalue weighted by Gasteiger charge is 2.37. The summed E-state index contributed by atoms with van der Waals surface area (Å²) in [4.78, 5) is 41.3. The van der Waals surface area contributed by atoms with Gasteiger partial charge in [0.15, 0.2) is 16.7 Å². The molecular formula is C22H16BrF3N2O5S. The number of carbonyl (C=O) groups excluding carboxylic acids is 3. The van der Waals surface area contributed by atoms with Gasteiger partial charge in [0.2, 0.25) is 5.91 Å². The minimum atomic E-state index is -4.57. The summed E-state index contributed by atoms with van der Waals surface area (Å²) in [6, 6.07) is 7.25. The van der Waals surface area contributed by atoms with Crippen LogP contribution in [0.3, 0.4) is 0 Å². The predicted molar refractivity (Wildman–Crippen MR) is 124 cm³/mol. The van der Waals surface area contributed by atoms with Crippen LogP contribution in [-0.4, -0.2) is 35.0 Å². The molecule has 0 aliphatic carbocycles. The van der Waals surface area contributed by atoms with E-state index in [4.69, 9.17) is 9.47 Å². The Bertz CT molecular complexity index is 1240. The minimum Gasteiger partial charge on any atom is -0.493 e. The Morgan fingerprint density at radius 2 is 1.85 bits per heavy atom. The largest absolute Gasteiger partial charge is 0.493 e. The second kappa shape index (κ2) is 10.0. The zero-order valence-electron chi connectivity index (χ0n) is 17.9. The van der Waals surface area contributed by atoms with Crippen molar-refractivity contribution < 1.29 is 37.0 Å². The molecule has 3 rings (SSSR count). The van der Waals surface area contributed by atoms with Crippen LogP contribution in [0, 0.1) is 0 Å². The van der Waals surface area contributed by atoms with Gasteiger partial charge in [-0.2, -0.15) is 13.2 Å². The lowest BCUT2D eigenvalue weighted by atomic mass is 10.2. The maximum atomic E-state index is 13.0. The van der Waals surface area contributed by atoms with E-state index >= 15 is 0 Å². The Balaban J connectivity index is 2.02. The first-order chi connectivity index (χ1) is 15.9. The Morgan fingerprint density at radius 3 is 2.44 bits per heavy atom. The summed E-state index contributed by atoms with van der Waals surface area (Å²) < 4.78 is 49.9. The first-order valence-electron chi connectivity index (χ1n) is 9.47. The van der Waals surface area contributed by atoms with Gasteiger partial charge < -0.3 is 9.47 Å². The van der Waals surface area contributed by atoms with Gasteiger partial charge >= 0.3 is 12.1 Å². The number of hydrogen-bond acceptors (Lipinski definition) is 7. The quantitative estimate of drug-likeness (QED) is 0.279. The third-order valence-corrected chi connectivity index (χ3v) is 6.00. The molecule has 178 valence electrons. The van der Waals surface area contributed by atoms with E-state index in [1.807, 2.05) is 0 Å². The van der Waals surface area contributed by atoms with Gasteiger partial charge in [0, 0.05) is 18.3 Å². The number of halogens is 4. The molecule has 0 bridgehead atoms. The number of hydrogen-bond donors (Lipinski definition) is 0. The molecule has 0 atom stereocenters. The number of ether oxygens (including phenoxy) is 2. The molecule has 0 aromatic heterocycles. The predicted octanol–water partition coefficient (Wildman–Crippen LogP) is 5.55. The van der Waals surface area contributed by atoms with Crippen molar-refractivity contribution in [1.29, 1.82) is 0 Å². The van der Waals surface area contributed by atoms with Gasteiger partial charge in [-0.05, 0) is 53.7 Å². The van der Waals surface area contributed by atoms with Crippen molar-refractivity contribution in [2.45, 2.75) is 20.0 Å². The zero-order valence-corrected chi connectivity index (χ0v) is 20.3. The standard InChI is InChI=1S/C22H16BrF3N2O5S/c1-11(29)28-20(31)19(8-13-7-17(32-3)18(10-16(13)23)33-12(2)30)34-21(28)27-15-6-4-5-14(9-15)22(24,25)26/h4-10H,1-3H3. The van der Waals surface area contributed by atoms with E-state index in [0.29, 0.717) is 10.0 Å². The number of imide groups is 1. The van der Waals surface area contributed by atoms with E-state index in [2.05, 4.69) is 20.9 Å². The zero-order chi connectivity index (χ0) is 25.2. The number of carbonyl (C=O) groups is 3. The highest BCUT2D eigenvalue weighted by molar-refractivity contribution is 9.10. The summed E-state index contributed by atoms with van der Waals surface area (Å²) in [7, 11) is 1.37. The Labute approximate surface area is 204 Å². The summed E-state index contributed by atoms with van der Waals surface area (Å²) in [6.45, 7) is 2.38. The fraction of sp³-hybridized carbons (Fsp3) is 0.182. The number of nitrogens with zero attached hydrogens (tertiary/aromatic N) is 2. The number of esters is 1. The number of methoxy groups -OCH3 is 1. The average Bonchev–Trinajstić information content (AvgIpc) is 3.03. The van der Waals surface area contributed by atoms with Crippen LogP contribution in [0.25, 0.3) is 6.08 Å². The molecule has 12 heteroatoms. The van der Waals surface area contributed by atoms with Gasteiger partial charge in [-0.25, -0.2) is 9.89 Å². The molecule has 1 heterocycles. The van der Waals surface area contributed by atoms with Crippen molar-refractivity contribution in [3.05, 3.63) is 56.9 Å². The van der Waals surface area contributed by atoms with Crippen LogP contribution < -0.4 is 9.47 Å². The van der Waals surface area contributed by atoms with Crippen molar-refractivity contribution in [1.82, 2.24) is 4.90 Å². The molecular weight excluding hydrogens is 541 g/mol. The topological polar surface area (TPSA) is 85.3 Å². The van der Waals surface area contributed by atoms with Crippen LogP contribution in [-0.2, 0) is 20.6 Å². The lowest BCUT2D eigenvalue weighted by Gasteiger charge is -2.11. The van der Waals surface area contributed by atoms with Crippen LogP contribution in [0.5, 0.6) is 11.5 Å². The molecule has 0 radical (unpaired) electrons. The molecule has 1 saturated heterocycles. The van der Waals surface area contributed by atoms with Crippen molar-refractivity contribution in [2.24, 2.45) is 4.99 Å². The normalized spacial score (nSPS) is 16.3. The molecule has 7 nitrogen and oxygen atoms in total. The molecule has 0 unspecified atom stereocenters. The molecule has 1 fully saturated rings. The van der Waals surface area contributed by atoms with Crippen LogP contribution in [0.15, 0.2) is 50.8 Å². The van der Waals surface area contributed by atoms with Gasteiger partial charge in [-0.15, -0.1) is 0 Å². The first kappa shape index (κ1) is 25.5. The lowest BCUT2D eigenvalue weighted by molar-refractivity contribution is -0.138. The molecule has 2 amide bonds. The molecule has 0 N–H and O–H groups in total. The molecule has 34 heavy (non-hydrogen) atoms. The van der Waals surface area contributed by atoms with Gasteiger partial charge in [0.25, 0.3) is 5.91 Å². The lowest BCUT2D eigenvalue weighted by Crippen LogP contribution is -2.33. The Hall–Kier alpha value is -3.12. The van der Waals surface area contributed by atoms with Crippen LogP contribution in [0.1, 0.15) is 25.0 Å². The van der Waals surface area contributed by atoms with Gasteiger partial charge in [-0.1, -0.05) is 22.0 Å². The van der Waals surface area contributed by atoms with Crippen molar-refractivity contribution in [3.8, 4) is 11.5 Å². The minimum absolute atomic E-state index is 0.0637. The third kappa shape index (κ3) is 5.68.